The second kappa shape index (κ2) is 6.17. The molecular formula is C14H10BrF3O2. The molecule has 2 nitrogen and oxygen atoms in total. The maximum Gasteiger partial charge on any atom is 0.200 e. The van der Waals surface area contributed by atoms with Gasteiger partial charge in [0.05, 0.1) is 7.11 Å². The van der Waals surface area contributed by atoms with Crippen LogP contribution < -0.4 is 9.47 Å². The van der Waals surface area contributed by atoms with Gasteiger partial charge < -0.3 is 9.47 Å². The van der Waals surface area contributed by atoms with Crippen molar-refractivity contribution < 1.29 is 22.6 Å². The molecule has 0 saturated carbocycles. The summed E-state index contributed by atoms with van der Waals surface area (Å²) in [7, 11) is 1.34. The second-order valence-corrected chi connectivity index (χ2v) is 4.84. The Morgan fingerprint density at radius 3 is 2.50 bits per heavy atom. The van der Waals surface area contributed by atoms with Crippen LogP contribution in [-0.2, 0) is 6.61 Å². The molecule has 0 aliphatic heterocycles. The quantitative estimate of drug-likeness (QED) is 0.761. The minimum absolute atomic E-state index is 0.0620. The second-order valence-electron chi connectivity index (χ2n) is 3.92. The lowest BCUT2D eigenvalue weighted by molar-refractivity contribution is 0.276. The van der Waals surface area contributed by atoms with E-state index in [4.69, 9.17) is 9.47 Å². The summed E-state index contributed by atoms with van der Waals surface area (Å²) in [5.41, 5.74) is 0.184. The van der Waals surface area contributed by atoms with Gasteiger partial charge in [-0.25, -0.2) is 8.78 Å². The van der Waals surface area contributed by atoms with E-state index < -0.39 is 17.5 Å². The predicted octanol–water partition coefficient (Wildman–Crippen LogP) is 4.45. The SMILES string of the molecule is COc1cccc(COc2cc(Br)cc(F)c2F)c1F. The molecule has 2 aromatic carbocycles. The number of rotatable bonds is 4. The fraction of sp³-hybridized carbons (Fsp3) is 0.143. The number of hydrogen-bond acceptors (Lipinski definition) is 2. The molecule has 0 saturated heterocycles. The van der Waals surface area contributed by atoms with E-state index in [9.17, 15) is 13.2 Å². The van der Waals surface area contributed by atoms with E-state index in [2.05, 4.69) is 15.9 Å². The summed E-state index contributed by atoms with van der Waals surface area (Å²) in [5.74, 6) is -2.98. The Morgan fingerprint density at radius 2 is 1.80 bits per heavy atom. The standard InChI is InChI=1S/C14H10BrF3O2/c1-19-11-4-2-3-8(13(11)17)7-20-12-6-9(15)5-10(16)14(12)18/h2-6H,7H2,1H3. The van der Waals surface area contributed by atoms with E-state index in [1.54, 1.807) is 6.07 Å². The van der Waals surface area contributed by atoms with Crippen molar-refractivity contribution in [1.29, 1.82) is 0 Å². The van der Waals surface area contributed by atoms with E-state index in [0.717, 1.165) is 6.07 Å². The van der Waals surface area contributed by atoms with Gasteiger partial charge in [0, 0.05) is 10.0 Å². The summed E-state index contributed by atoms with van der Waals surface area (Å²) < 4.78 is 50.8. The first-order valence-corrected chi connectivity index (χ1v) is 6.41. The lowest BCUT2D eigenvalue weighted by atomic mass is 10.2. The Bertz CT molecular complexity index is 632. The van der Waals surface area contributed by atoms with Crippen molar-refractivity contribution in [3.8, 4) is 11.5 Å². The Morgan fingerprint density at radius 1 is 1.05 bits per heavy atom. The maximum atomic E-state index is 13.9. The lowest BCUT2D eigenvalue weighted by Gasteiger charge is -2.10. The van der Waals surface area contributed by atoms with Gasteiger partial charge in [0.1, 0.15) is 6.61 Å². The van der Waals surface area contributed by atoms with Crippen molar-refractivity contribution >= 4 is 15.9 Å². The summed E-state index contributed by atoms with van der Waals surface area (Å²) in [6.45, 7) is -0.240. The summed E-state index contributed by atoms with van der Waals surface area (Å²) in [5, 5.41) is 0. The van der Waals surface area contributed by atoms with E-state index in [-0.39, 0.29) is 23.7 Å². The molecular weight excluding hydrogens is 337 g/mol. The molecule has 0 fully saturated rings. The molecule has 0 aliphatic rings. The van der Waals surface area contributed by atoms with E-state index in [0.29, 0.717) is 4.47 Å². The summed E-state index contributed by atoms with van der Waals surface area (Å²) >= 11 is 3.03. The molecule has 0 amide bonds. The Balaban J connectivity index is 2.21. The van der Waals surface area contributed by atoms with Crippen molar-refractivity contribution in [2.45, 2.75) is 6.61 Å². The number of benzene rings is 2. The molecule has 6 heteroatoms. The first-order chi connectivity index (χ1) is 9.52. The molecule has 0 N–H and O–H groups in total. The third-order valence-electron chi connectivity index (χ3n) is 2.61. The van der Waals surface area contributed by atoms with Crippen LogP contribution in [0.2, 0.25) is 0 Å². The molecule has 0 spiro atoms. The van der Waals surface area contributed by atoms with Crippen LogP contribution in [0.15, 0.2) is 34.8 Å². The molecule has 0 heterocycles. The maximum absolute atomic E-state index is 13.9. The van der Waals surface area contributed by atoms with Crippen LogP contribution >= 0.6 is 15.9 Å². The van der Waals surface area contributed by atoms with Crippen LogP contribution in [0.1, 0.15) is 5.56 Å². The molecule has 2 rings (SSSR count). The van der Waals surface area contributed by atoms with Crippen LogP contribution in [0, 0.1) is 17.5 Å². The summed E-state index contributed by atoms with van der Waals surface area (Å²) in [6, 6.07) is 6.77. The molecule has 0 aromatic heterocycles. The molecule has 2 aromatic rings. The van der Waals surface area contributed by atoms with Gasteiger partial charge in [0.15, 0.2) is 23.1 Å². The van der Waals surface area contributed by atoms with Gasteiger partial charge in [0.25, 0.3) is 0 Å². The van der Waals surface area contributed by atoms with Gasteiger partial charge in [-0.05, 0) is 18.2 Å². The summed E-state index contributed by atoms with van der Waals surface area (Å²) in [4.78, 5) is 0. The van der Waals surface area contributed by atoms with E-state index in [1.165, 1.54) is 25.3 Å². The molecule has 0 atom stereocenters. The summed E-state index contributed by atoms with van der Waals surface area (Å²) in [6.07, 6.45) is 0. The third kappa shape index (κ3) is 3.07. The molecule has 0 aliphatic carbocycles. The Kier molecular flexibility index (Phi) is 4.54. The zero-order valence-electron chi connectivity index (χ0n) is 10.4. The van der Waals surface area contributed by atoms with E-state index >= 15 is 0 Å². The van der Waals surface area contributed by atoms with Gasteiger partial charge in [-0.1, -0.05) is 28.1 Å². The topological polar surface area (TPSA) is 18.5 Å². The van der Waals surface area contributed by atoms with Crippen molar-refractivity contribution in [3.05, 3.63) is 57.8 Å². The highest BCUT2D eigenvalue weighted by atomic mass is 79.9. The van der Waals surface area contributed by atoms with Crippen molar-refractivity contribution in [1.82, 2.24) is 0 Å². The van der Waals surface area contributed by atoms with Crippen LogP contribution in [0.5, 0.6) is 11.5 Å². The fourth-order valence-electron chi connectivity index (χ4n) is 1.62. The average Bonchev–Trinajstić information content (AvgIpc) is 2.42. The number of methoxy groups -OCH3 is 1. The van der Waals surface area contributed by atoms with E-state index in [1.807, 2.05) is 0 Å². The molecule has 0 radical (unpaired) electrons. The van der Waals surface area contributed by atoms with Crippen LogP contribution in [0.3, 0.4) is 0 Å². The van der Waals surface area contributed by atoms with Crippen molar-refractivity contribution in [3.63, 3.8) is 0 Å². The normalized spacial score (nSPS) is 10.4. The first kappa shape index (κ1) is 14.7. The van der Waals surface area contributed by atoms with Gasteiger partial charge in [0.2, 0.25) is 5.82 Å². The third-order valence-corrected chi connectivity index (χ3v) is 3.06. The first-order valence-electron chi connectivity index (χ1n) is 5.61. The number of hydrogen-bond donors (Lipinski definition) is 0. The van der Waals surface area contributed by atoms with Gasteiger partial charge in [-0.15, -0.1) is 0 Å². The highest BCUT2D eigenvalue weighted by Gasteiger charge is 2.13. The van der Waals surface area contributed by atoms with Crippen molar-refractivity contribution in [2.24, 2.45) is 0 Å². The fourth-order valence-corrected chi connectivity index (χ4v) is 2.03. The monoisotopic (exact) mass is 346 g/mol. The predicted molar refractivity (Wildman–Crippen MR) is 71.3 cm³/mol. The molecule has 106 valence electrons. The van der Waals surface area contributed by atoms with Crippen LogP contribution in [0.25, 0.3) is 0 Å². The highest BCUT2D eigenvalue weighted by molar-refractivity contribution is 9.10. The lowest BCUT2D eigenvalue weighted by Crippen LogP contribution is -2.02. The minimum Gasteiger partial charge on any atom is -0.494 e. The largest absolute Gasteiger partial charge is 0.494 e. The van der Waals surface area contributed by atoms with Gasteiger partial charge in [-0.3, -0.25) is 0 Å². The molecule has 0 bridgehead atoms. The number of ether oxygens (including phenoxy) is 2. The minimum atomic E-state index is -1.11. The van der Waals surface area contributed by atoms with Gasteiger partial charge in [-0.2, -0.15) is 4.39 Å². The molecule has 20 heavy (non-hydrogen) atoms. The van der Waals surface area contributed by atoms with Crippen LogP contribution in [-0.4, -0.2) is 7.11 Å². The molecule has 0 unspecified atom stereocenters. The highest BCUT2D eigenvalue weighted by Crippen LogP contribution is 2.27. The van der Waals surface area contributed by atoms with Crippen molar-refractivity contribution in [2.75, 3.05) is 7.11 Å². The average molecular weight is 347 g/mol. The number of halogens is 4. The Labute approximate surface area is 122 Å². The zero-order chi connectivity index (χ0) is 14.7. The Hall–Kier alpha value is -1.69. The smallest absolute Gasteiger partial charge is 0.200 e. The van der Waals surface area contributed by atoms with Gasteiger partial charge >= 0.3 is 0 Å². The van der Waals surface area contributed by atoms with Crippen LogP contribution in [0.4, 0.5) is 13.2 Å². The zero-order valence-corrected chi connectivity index (χ0v) is 12.0.